The smallest absolute Gasteiger partial charge is 0.264 e. The van der Waals surface area contributed by atoms with E-state index in [1.807, 2.05) is 64.1 Å². The Hall–Kier alpha value is -3.65. The second kappa shape index (κ2) is 13.3. The number of benzene rings is 3. The number of carbonyl (C=O) groups excluding carboxylic acids is 2. The molecule has 218 valence electrons. The highest BCUT2D eigenvalue weighted by Crippen LogP contribution is 2.29. The SMILES string of the molecule is CC[C@H](C(=O)NC1CCCC1)N(Cc1ccccc1)C(=O)CN(c1cccc(C)c1C)S(=O)(=O)c1ccc(C)cc1. The van der Waals surface area contributed by atoms with Gasteiger partial charge in [-0.05, 0) is 74.9 Å². The molecule has 7 nitrogen and oxygen atoms in total. The Balaban J connectivity index is 1.73. The van der Waals surface area contributed by atoms with Crippen molar-refractivity contribution in [1.82, 2.24) is 10.2 Å². The van der Waals surface area contributed by atoms with E-state index in [0.29, 0.717) is 12.1 Å². The van der Waals surface area contributed by atoms with Gasteiger partial charge in [-0.1, -0.05) is 79.9 Å². The molecular formula is C33H41N3O4S. The van der Waals surface area contributed by atoms with Crippen molar-refractivity contribution in [2.75, 3.05) is 10.8 Å². The molecule has 41 heavy (non-hydrogen) atoms. The minimum atomic E-state index is -4.10. The third kappa shape index (κ3) is 7.17. The zero-order chi connectivity index (χ0) is 29.6. The first-order chi connectivity index (χ1) is 19.6. The van der Waals surface area contributed by atoms with E-state index in [1.54, 1.807) is 41.3 Å². The van der Waals surface area contributed by atoms with Crippen LogP contribution in [0.5, 0.6) is 0 Å². The predicted octanol–water partition coefficient (Wildman–Crippen LogP) is 5.67. The lowest BCUT2D eigenvalue weighted by Gasteiger charge is -2.34. The summed E-state index contributed by atoms with van der Waals surface area (Å²) in [6, 6.07) is 21.0. The number of carbonyl (C=O) groups is 2. The summed E-state index contributed by atoms with van der Waals surface area (Å²) in [7, 11) is -4.10. The molecule has 1 aliphatic carbocycles. The van der Waals surface area contributed by atoms with E-state index < -0.39 is 28.5 Å². The molecule has 1 saturated carbocycles. The standard InChI is InChI=1S/C33H41N3O4S/c1-5-30(33(38)34-28-15-9-10-16-28)35(22-27-13-7-6-8-14-27)32(37)23-36(31-17-11-12-25(3)26(31)4)41(39,40)29-20-18-24(2)19-21-29/h6-8,11-14,17-21,28,30H,5,9-10,15-16,22-23H2,1-4H3,(H,34,38)/t30-/m1/s1. The molecule has 8 heteroatoms. The van der Waals surface area contributed by atoms with Crippen LogP contribution >= 0.6 is 0 Å². The summed E-state index contributed by atoms with van der Waals surface area (Å²) in [6.07, 6.45) is 4.44. The highest BCUT2D eigenvalue weighted by atomic mass is 32.2. The minimum Gasteiger partial charge on any atom is -0.352 e. The number of rotatable bonds is 11. The van der Waals surface area contributed by atoms with Crippen molar-refractivity contribution >= 4 is 27.5 Å². The third-order valence-corrected chi connectivity index (χ3v) is 9.79. The molecule has 4 rings (SSSR count). The number of aryl methyl sites for hydroxylation is 2. The second-order valence-electron chi connectivity index (χ2n) is 11.0. The first-order valence-electron chi connectivity index (χ1n) is 14.4. The molecule has 1 N–H and O–H groups in total. The van der Waals surface area contributed by atoms with Crippen molar-refractivity contribution in [3.8, 4) is 0 Å². The zero-order valence-electron chi connectivity index (χ0n) is 24.5. The van der Waals surface area contributed by atoms with Gasteiger partial charge in [0, 0.05) is 12.6 Å². The monoisotopic (exact) mass is 575 g/mol. The molecule has 0 heterocycles. The van der Waals surface area contributed by atoms with Crippen LogP contribution in [0.4, 0.5) is 5.69 Å². The Bertz CT molecular complexity index is 1450. The molecule has 0 bridgehead atoms. The van der Waals surface area contributed by atoms with E-state index in [2.05, 4.69) is 5.32 Å². The number of nitrogens with zero attached hydrogens (tertiary/aromatic N) is 2. The van der Waals surface area contributed by atoms with Crippen LogP contribution in [0, 0.1) is 20.8 Å². The van der Waals surface area contributed by atoms with Crippen molar-refractivity contribution in [3.05, 3.63) is 95.1 Å². The van der Waals surface area contributed by atoms with Crippen LogP contribution in [0.25, 0.3) is 0 Å². The molecule has 1 fully saturated rings. The van der Waals surface area contributed by atoms with Gasteiger partial charge >= 0.3 is 0 Å². The highest BCUT2D eigenvalue weighted by Gasteiger charge is 2.35. The lowest BCUT2D eigenvalue weighted by atomic mass is 10.1. The summed E-state index contributed by atoms with van der Waals surface area (Å²) in [6.45, 7) is 7.32. The van der Waals surface area contributed by atoms with Crippen molar-refractivity contribution < 1.29 is 18.0 Å². The van der Waals surface area contributed by atoms with Crippen LogP contribution < -0.4 is 9.62 Å². The molecule has 0 aromatic heterocycles. The van der Waals surface area contributed by atoms with Crippen molar-refractivity contribution in [2.24, 2.45) is 0 Å². The van der Waals surface area contributed by atoms with Gasteiger partial charge in [0.2, 0.25) is 11.8 Å². The van der Waals surface area contributed by atoms with Gasteiger partial charge in [0.05, 0.1) is 10.6 Å². The molecule has 0 spiro atoms. The lowest BCUT2D eigenvalue weighted by molar-refractivity contribution is -0.140. The first kappa shape index (κ1) is 30.3. The molecule has 1 atom stereocenters. The summed E-state index contributed by atoms with van der Waals surface area (Å²) < 4.78 is 29.4. The maximum absolute atomic E-state index is 14.2. The van der Waals surface area contributed by atoms with Crippen molar-refractivity contribution in [3.63, 3.8) is 0 Å². The van der Waals surface area contributed by atoms with Crippen LogP contribution in [-0.2, 0) is 26.2 Å². The molecule has 0 aliphatic heterocycles. The number of hydrogen-bond acceptors (Lipinski definition) is 4. The summed E-state index contributed by atoms with van der Waals surface area (Å²) in [5, 5.41) is 3.15. The lowest BCUT2D eigenvalue weighted by Crippen LogP contribution is -2.53. The van der Waals surface area contributed by atoms with Gasteiger partial charge in [-0.15, -0.1) is 0 Å². The topological polar surface area (TPSA) is 86.8 Å². The number of hydrogen-bond donors (Lipinski definition) is 1. The zero-order valence-corrected chi connectivity index (χ0v) is 25.3. The molecule has 3 aromatic rings. The largest absolute Gasteiger partial charge is 0.352 e. The Kier molecular flexibility index (Phi) is 9.86. The van der Waals surface area contributed by atoms with Gasteiger partial charge in [0.15, 0.2) is 0 Å². The number of sulfonamides is 1. The molecule has 3 aromatic carbocycles. The van der Waals surface area contributed by atoms with Crippen LogP contribution in [0.15, 0.2) is 77.7 Å². The van der Waals surface area contributed by atoms with E-state index in [0.717, 1.165) is 47.9 Å². The summed E-state index contributed by atoms with van der Waals surface area (Å²) in [5.41, 5.74) is 3.94. The first-order valence-corrected chi connectivity index (χ1v) is 15.8. The van der Waals surface area contributed by atoms with Crippen molar-refractivity contribution in [1.29, 1.82) is 0 Å². The van der Waals surface area contributed by atoms with Gasteiger partial charge in [-0.25, -0.2) is 8.42 Å². The van der Waals surface area contributed by atoms with Gasteiger partial charge in [-0.3, -0.25) is 13.9 Å². The fraction of sp³-hybridized carbons (Fsp3) is 0.394. The van der Waals surface area contributed by atoms with Gasteiger partial charge < -0.3 is 10.2 Å². The molecule has 0 radical (unpaired) electrons. The summed E-state index contributed by atoms with van der Waals surface area (Å²) in [4.78, 5) is 29.4. The van der Waals surface area contributed by atoms with Gasteiger partial charge in [0.1, 0.15) is 12.6 Å². The van der Waals surface area contributed by atoms with Gasteiger partial charge in [0.25, 0.3) is 10.0 Å². The Morgan fingerprint density at radius 3 is 2.20 bits per heavy atom. The molecule has 2 amide bonds. The summed E-state index contributed by atoms with van der Waals surface area (Å²) in [5.74, 6) is -0.623. The van der Waals surface area contributed by atoms with E-state index in [1.165, 1.54) is 4.31 Å². The second-order valence-corrected chi connectivity index (χ2v) is 12.8. The third-order valence-electron chi connectivity index (χ3n) is 8.02. The van der Waals surface area contributed by atoms with Crippen LogP contribution in [-0.4, -0.2) is 43.8 Å². The van der Waals surface area contributed by atoms with E-state index in [4.69, 9.17) is 0 Å². The predicted molar refractivity (Wildman–Crippen MR) is 163 cm³/mol. The number of amides is 2. The van der Waals surface area contributed by atoms with E-state index in [9.17, 15) is 18.0 Å². The quantitative estimate of drug-likeness (QED) is 0.319. The highest BCUT2D eigenvalue weighted by molar-refractivity contribution is 7.92. The number of anilines is 1. The number of nitrogens with one attached hydrogen (secondary N) is 1. The van der Waals surface area contributed by atoms with Crippen LogP contribution in [0.3, 0.4) is 0 Å². The minimum absolute atomic E-state index is 0.109. The Morgan fingerprint density at radius 1 is 0.902 bits per heavy atom. The average Bonchev–Trinajstić information content (AvgIpc) is 3.47. The Labute approximate surface area is 244 Å². The Morgan fingerprint density at radius 2 is 1.56 bits per heavy atom. The normalized spacial score (nSPS) is 14.4. The summed E-state index contributed by atoms with van der Waals surface area (Å²) >= 11 is 0. The fourth-order valence-corrected chi connectivity index (χ4v) is 6.90. The van der Waals surface area contributed by atoms with Crippen LogP contribution in [0.2, 0.25) is 0 Å². The molecule has 0 saturated heterocycles. The van der Waals surface area contributed by atoms with E-state index >= 15 is 0 Å². The van der Waals surface area contributed by atoms with Crippen LogP contribution in [0.1, 0.15) is 61.3 Å². The maximum atomic E-state index is 14.2. The molecule has 0 unspecified atom stereocenters. The molecular weight excluding hydrogens is 534 g/mol. The van der Waals surface area contributed by atoms with E-state index in [-0.39, 0.29) is 23.4 Å². The average molecular weight is 576 g/mol. The maximum Gasteiger partial charge on any atom is 0.264 e. The fourth-order valence-electron chi connectivity index (χ4n) is 5.42. The molecule has 1 aliphatic rings. The van der Waals surface area contributed by atoms with Gasteiger partial charge in [-0.2, -0.15) is 0 Å². The van der Waals surface area contributed by atoms with Crippen molar-refractivity contribution in [2.45, 2.75) is 83.3 Å².